The fourth-order valence-electron chi connectivity index (χ4n) is 2.55. The van der Waals surface area contributed by atoms with Crippen molar-refractivity contribution < 1.29 is 9.47 Å². The summed E-state index contributed by atoms with van der Waals surface area (Å²) in [5.41, 5.74) is 4.15. The minimum Gasteiger partial charge on any atom is -0.454 e. The highest BCUT2D eigenvalue weighted by Gasteiger charge is 2.13. The predicted molar refractivity (Wildman–Crippen MR) is 94.9 cm³/mol. The Morgan fingerprint density at radius 1 is 1.00 bits per heavy atom. The molecule has 25 heavy (non-hydrogen) atoms. The van der Waals surface area contributed by atoms with Crippen molar-refractivity contribution in [3.63, 3.8) is 0 Å². The van der Waals surface area contributed by atoms with E-state index in [9.17, 15) is 0 Å². The number of aromatic nitrogens is 3. The van der Waals surface area contributed by atoms with E-state index in [-0.39, 0.29) is 6.79 Å². The lowest BCUT2D eigenvalue weighted by molar-refractivity contribution is 0.174. The molecule has 0 saturated heterocycles. The van der Waals surface area contributed by atoms with Crippen molar-refractivity contribution in [2.24, 2.45) is 0 Å². The maximum atomic E-state index is 5.38. The molecule has 1 aliphatic heterocycles. The number of benzene rings is 2. The first-order valence-corrected chi connectivity index (χ1v) is 7.89. The highest BCUT2D eigenvalue weighted by Crippen LogP contribution is 2.34. The molecule has 1 aliphatic rings. The van der Waals surface area contributed by atoms with Crippen LogP contribution in [0.5, 0.6) is 11.5 Å². The highest BCUT2D eigenvalue weighted by molar-refractivity contribution is 5.64. The molecule has 0 unspecified atom stereocenters. The first-order valence-electron chi connectivity index (χ1n) is 7.89. The van der Waals surface area contributed by atoms with Gasteiger partial charge in [-0.25, -0.2) is 0 Å². The van der Waals surface area contributed by atoms with E-state index in [2.05, 4.69) is 45.7 Å². The molecule has 0 amide bonds. The molecule has 1 aromatic heterocycles. The van der Waals surface area contributed by atoms with Crippen LogP contribution in [0.25, 0.3) is 0 Å². The van der Waals surface area contributed by atoms with Crippen LogP contribution in [0.1, 0.15) is 11.1 Å². The van der Waals surface area contributed by atoms with Crippen LogP contribution in [0.2, 0.25) is 0 Å². The molecule has 0 saturated carbocycles. The summed E-state index contributed by atoms with van der Waals surface area (Å²) in [7, 11) is 0. The van der Waals surface area contributed by atoms with Crippen LogP contribution in [0, 0.1) is 13.8 Å². The van der Waals surface area contributed by atoms with Gasteiger partial charge in [0.25, 0.3) is 0 Å². The molecule has 0 radical (unpaired) electrons. The maximum absolute atomic E-state index is 5.38. The van der Waals surface area contributed by atoms with Crippen molar-refractivity contribution >= 4 is 23.1 Å². The third-order valence-corrected chi connectivity index (χ3v) is 4.05. The smallest absolute Gasteiger partial charge is 0.249 e. The predicted octanol–water partition coefficient (Wildman–Crippen LogP) is 3.70. The van der Waals surface area contributed by atoms with Gasteiger partial charge in [0.1, 0.15) is 0 Å². The first-order chi connectivity index (χ1) is 12.2. The minimum absolute atomic E-state index is 0.248. The lowest BCUT2D eigenvalue weighted by Gasteiger charge is -2.11. The van der Waals surface area contributed by atoms with Gasteiger partial charge in [-0.05, 0) is 43.2 Å². The summed E-state index contributed by atoms with van der Waals surface area (Å²) >= 11 is 0. The number of nitrogens with zero attached hydrogens (tertiary/aromatic N) is 3. The van der Waals surface area contributed by atoms with Gasteiger partial charge in [0.15, 0.2) is 17.3 Å². The van der Waals surface area contributed by atoms with Gasteiger partial charge in [0.2, 0.25) is 12.7 Å². The van der Waals surface area contributed by atoms with Crippen molar-refractivity contribution in [3.8, 4) is 11.5 Å². The summed E-state index contributed by atoms with van der Waals surface area (Å²) < 4.78 is 10.7. The topological polar surface area (TPSA) is 81.2 Å². The van der Waals surface area contributed by atoms with Crippen molar-refractivity contribution in [3.05, 3.63) is 53.7 Å². The van der Waals surface area contributed by atoms with Gasteiger partial charge in [0.05, 0.1) is 6.20 Å². The summed E-state index contributed by atoms with van der Waals surface area (Å²) in [6.45, 7) is 4.37. The molecule has 3 aromatic rings. The number of hydrogen-bond acceptors (Lipinski definition) is 7. The lowest BCUT2D eigenvalue weighted by atomic mass is 10.1. The number of aryl methyl sites for hydroxylation is 1. The zero-order valence-corrected chi connectivity index (χ0v) is 13.9. The largest absolute Gasteiger partial charge is 0.454 e. The van der Waals surface area contributed by atoms with Crippen molar-refractivity contribution in [1.82, 2.24) is 15.2 Å². The molecule has 0 bridgehead atoms. The van der Waals surface area contributed by atoms with E-state index in [1.807, 2.05) is 30.3 Å². The third-order valence-electron chi connectivity index (χ3n) is 4.05. The Labute approximate surface area is 145 Å². The lowest BCUT2D eigenvalue weighted by Crippen LogP contribution is -2.03. The molecule has 0 fully saturated rings. The highest BCUT2D eigenvalue weighted by atomic mass is 16.7. The monoisotopic (exact) mass is 335 g/mol. The molecule has 0 atom stereocenters. The van der Waals surface area contributed by atoms with Gasteiger partial charge in [0, 0.05) is 17.4 Å². The van der Waals surface area contributed by atoms with Gasteiger partial charge < -0.3 is 20.1 Å². The van der Waals surface area contributed by atoms with Crippen LogP contribution in [-0.2, 0) is 0 Å². The standard InChI is InChI=1S/C18H17N5O2/c1-11-4-3-5-14(12(11)2)21-18-22-17(9-19-23-18)20-13-6-7-15-16(8-13)25-10-24-15/h3-9H,10H2,1-2H3,(H2,20,21,22,23). The minimum atomic E-state index is 0.248. The average Bonchev–Trinajstić information content (AvgIpc) is 3.07. The first kappa shape index (κ1) is 15.2. The second-order valence-corrected chi connectivity index (χ2v) is 5.73. The molecular formula is C18H17N5O2. The Bertz CT molecular complexity index is 929. The Morgan fingerprint density at radius 3 is 2.80 bits per heavy atom. The molecule has 4 rings (SSSR count). The Balaban J connectivity index is 1.54. The molecule has 126 valence electrons. The van der Waals surface area contributed by atoms with Crippen LogP contribution in [-0.4, -0.2) is 22.0 Å². The van der Waals surface area contributed by atoms with Gasteiger partial charge >= 0.3 is 0 Å². The number of hydrogen-bond donors (Lipinski definition) is 2. The zero-order chi connectivity index (χ0) is 17.2. The second kappa shape index (κ2) is 6.27. The quantitative estimate of drug-likeness (QED) is 0.752. The zero-order valence-electron chi connectivity index (χ0n) is 13.9. The fraction of sp³-hybridized carbons (Fsp3) is 0.167. The number of anilines is 4. The summed E-state index contributed by atoms with van der Waals surface area (Å²) in [6, 6.07) is 11.7. The molecular weight excluding hydrogens is 318 g/mol. The molecule has 0 aliphatic carbocycles. The van der Waals surface area contributed by atoms with E-state index < -0.39 is 0 Å². The van der Waals surface area contributed by atoms with Crippen molar-refractivity contribution in [2.75, 3.05) is 17.4 Å². The molecule has 7 heteroatoms. The molecule has 0 spiro atoms. The van der Waals surface area contributed by atoms with Crippen LogP contribution >= 0.6 is 0 Å². The normalized spacial score (nSPS) is 12.1. The summed E-state index contributed by atoms with van der Waals surface area (Å²) in [5.74, 6) is 2.46. The van der Waals surface area contributed by atoms with E-state index in [0.29, 0.717) is 17.5 Å². The van der Waals surface area contributed by atoms with Gasteiger partial charge in [-0.2, -0.15) is 10.1 Å². The van der Waals surface area contributed by atoms with Gasteiger partial charge in [-0.3, -0.25) is 0 Å². The van der Waals surface area contributed by atoms with Crippen LogP contribution in [0.15, 0.2) is 42.6 Å². The molecule has 2 N–H and O–H groups in total. The van der Waals surface area contributed by atoms with Crippen molar-refractivity contribution in [2.45, 2.75) is 13.8 Å². The average molecular weight is 335 g/mol. The van der Waals surface area contributed by atoms with Crippen molar-refractivity contribution in [1.29, 1.82) is 0 Å². The van der Waals surface area contributed by atoms with Crippen LogP contribution in [0.3, 0.4) is 0 Å². The molecule has 7 nitrogen and oxygen atoms in total. The number of rotatable bonds is 4. The third kappa shape index (κ3) is 3.16. The SMILES string of the molecule is Cc1cccc(Nc2nncc(Nc3ccc4c(c3)OCO4)n2)c1C. The van der Waals surface area contributed by atoms with E-state index in [0.717, 1.165) is 22.7 Å². The Morgan fingerprint density at radius 2 is 1.88 bits per heavy atom. The summed E-state index contributed by atoms with van der Waals surface area (Å²) in [5, 5.41) is 14.5. The van der Waals surface area contributed by atoms with E-state index in [1.165, 1.54) is 5.56 Å². The summed E-state index contributed by atoms with van der Waals surface area (Å²) in [4.78, 5) is 4.46. The van der Waals surface area contributed by atoms with E-state index >= 15 is 0 Å². The van der Waals surface area contributed by atoms with E-state index in [4.69, 9.17) is 9.47 Å². The maximum Gasteiger partial charge on any atom is 0.249 e. The van der Waals surface area contributed by atoms with Gasteiger partial charge in [-0.1, -0.05) is 12.1 Å². The Hall–Kier alpha value is -3.35. The van der Waals surface area contributed by atoms with Crippen LogP contribution in [0.4, 0.5) is 23.1 Å². The number of ether oxygens (including phenoxy) is 2. The fourth-order valence-corrected chi connectivity index (χ4v) is 2.55. The number of fused-ring (bicyclic) bond motifs is 1. The number of nitrogens with one attached hydrogen (secondary N) is 2. The molecule has 2 heterocycles. The van der Waals surface area contributed by atoms with Gasteiger partial charge in [-0.15, -0.1) is 5.10 Å². The second-order valence-electron chi connectivity index (χ2n) is 5.73. The summed E-state index contributed by atoms with van der Waals surface area (Å²) in [6.07, 6.45) is 1.57. The molecule has 2 aromatic carbocycles. The Kier molecular flexibility index (Phi) is 3.81. The van der Waals surface area contributed by atoms with Crippen LogP contribution < -0.4 is 20.1 Å². The van der Waals surface area contributed by atoms with E-state index in [1.54, 1.807) is 6.20 Å².